The number of likely N-dealkylation sites (N-methyl/N-ethyl adjacent to an activating group) is 1. The maximum Gasteiger partial charge on any atom is 0.344 e. The molecular formula is C34H46N6O6. The van der Waals surface area contributed by atoms with Gasteiger partial charge in [-0.1, -0.05) is 44.2 Å². The molecule has 12 nitrogen and oxygen atoms in total. The van der Waals surface area contributed by atoms with Crippen LogP contribution in [0.5, 0.6) is 5.75 Å². The van der Waals surface area contributed by atoms with Crippen LogP contribution in [0.15, 0.2) is 48.5 Å². The first kappa shape index (κ1) is 34.6. The number of pyridine rings is 1. The minimum atomic E-state index is -0.472. The highest BCUT2D eigenvalue weighted by molar-refractivity contribution is 6.06. The van der Waals surface area contributed by atoms with Gasteiger partial charge in [0.1, 0.15) is 23.7 Å². The number of nitrogens with two attached hydrogens (primary N) is 1. The summed E-state index contributed by atoms with van der Waals surface area (Å²) in [5.74, 6) is 1.37. The fourth-order valence-electron chi connectivity index (χ4n) is 5.36. The van der Waals surface area contributed by atoms with Gasteiger partial charge in [0.2, 0.25) is 5.91 Å². The van der Waals surface area contributed by atoms with Gasteiger partial charge in [-0.05, 0) is 43.3 Å². The summed E-state index contributed by atoms with van der Waals surface area (Å²) in [6, 6.07) is 15.4. The number of para-hydroxylation sites is 1. The van der Waals surface area contributed by atoms with Gasteiger partial charge in [-0.2, -0.15) is 0 Å². The summed E-state index contributed by atoms with van der Waals surface area (Å²) < 4.78 is 23.2. The Morgan fingerprint density at radius 3 is 2.50 bits per heavy atom. The first-order valence-electron chi connectivity index (χ1n) is 15.8. The highest BCUT2D eigenvalue weighted by Gasteiger charge is 2.20. The molecule has 248 valence electrons. The van der Waals surface area contributed by atoms with Crippen LogP contribution in [0.3, 0.4) is 0 Å². The normalized spacial score (nSPS) is 11.4. The molecule has 0 saturated heterocycles. The average Bonchev–Trinajstić information content (AvgIpc) is 3.44. The smallest absolute Gasteiger partial charge is 0.344 e. The summed E-state index contributed by atoms with van der Waals surface area (Å²) in [6.45, 7) is 8.37. The van der Waals surface area contributed by atoms with Crippen molar-refractivity contribution in [3.63, 3.8) is 0 Å². The van der Waals surface area contributed by atoms with Gasteiger partial charge in [0, 0.05) is 45.7 Å². The number of anilines is 1. The number of hydrogen-bond donors (Lipinski definition) is 1. The zero-order valence-corrected chi connectivity index (χ0v) is 27.4. The molecule has 12 heteroatoms. The second kappa shape index (κ2) is 17.4. The molecule has 2 aromatic heterocycles. The Hall–Kier alpha value is -4.26. The number of imidazole rings is 1. The number of nitrogens with zero attached hydrogens (tertiary/aromatic N) is 5. The highest BCUT2D eigenvalue weighted by atomic mass is 16.6. The van der Waals surface area contributed by atoms with Crippen LogP contribution in [0, 0.1) is 0 Å². The summed E-state index contributed by atoms with van der Waals surface area (Å²) in [5, 5.41) is 0.983. The molecule has 1 amide bonds. The minimum Gasteiger partial charge on any atom is -0.482 e. The number of benzene rings is 2. The van der Waals surface area contributed by atoms with Crippen LogP contribution >= 0.6 is 0 Å². The lowest BCUT2D eigenvalue weighted by Gasteiger charge is -2.27. The summed E-state index contributed by atoms with van der Waals surface area (Å²) in [4.78, 5) is 39.1. The molecule has 46 heavy (non-hydrogen) atoms. The number of fused-ring (bicyclic) bond motifs is 3. The van der Waals surface area contributed by atoms with Gasteiger partial charge < -0.3 is 34.1 Å². The number of carbonyl (C=O) groups excluding carboxylic acids is 2. The molecule has 2 N–H and O–H groups in total. The Bertz CT molecular complexity index is 1590. The predicted octanol–water partition coefficient (Wildman–Crippen LogP) is 3.68. The number of hydrogen-bond acceptors (Lipinski definition) is 10. The summed E-state index contributed by atoms with van der Waals surface area (Å²) >= 11 is 0. The number of carbonyl (C=O) groups is 2. The van der Waals surface area contributed by atoms with Gasteiger partial charge in [-0.3, -0.25) is 9.69 Å². The molecule has 4 rings (SSSR count). The van der Waals surface area contributed by atoms with Crippen LogP contribution in [0.1, 0.15) is 31.7 Å². The number of aromatic nitrogens is 3. The quantitative estimate of drug-likeness (QED) is 0.120. The third-order valence-electron chi connectivity index (χ3n) is 7.81. The van der Waals surface area contributed by atoms with E-state index in [0.717, 1.165) is 40.9 Å². The van der Waals surface area contributed by atoms with Gasteiger partial charge in [0.15, 0.2) is 12.4 Å². The van der Waals surface area contributed by atoms with E-state index in [4.69, 9.17) is 29.7 Å². The van der Waals surface area contributed by atoms with Crippen LogP contribution in [-0.2, 0) is 43.3 Å². The van der Waals surface area contributed by atoms with Gasteiger partial charge in [-0.15, -0.1) is 0 Å². The number of ether oxygens (including phenoxy) is 4. The lowest BCUT2D eigenvalue weighted by molar-refractivity contribution is -0.147. The van der Waals surface area contributed by atoms with Crippen molar-refractivity contribution in [1.82, 2.24) is 24.3 Å². The molecule has 0 atom stereocenters. The van der Waals surface area contributed by atoms with Crippen molar-refractivity contribution in [2.45, 2.75) is 39.8 Å². The van der Waals surface area contributed by atoms with Gasteiger partial charge in [0.25, 0.3) is 0 Å². The lowest BCUT2D eigenvalue weighted by atomic mass is 10.1. The lowest BCUT2D eigenvalue weighted by Crippen LogP contribution is -2.40. The van der Waals surface area contributed by atoms with Crippen LogP contribution in [0.25, 0.3) is 21.9 Å². The summed E-state index contributed by atoms with van der Waals surface area (Å²) in [5.41, 5.74) is 9.71. The van der Waals surface area contributed by atoms with Crippen molar-refractivity contribution < 1.29 is 28.5 Å². The Morgan fingerprint density at radius 2 is 1.74 bits per heavy atom. The van der Waals surface area contributed by atoms with Crippen molar-refractivity contribution in [3.8, 4) is 5.75 Å². The molecule has 4 aromatic rings. The number of aryl methyl sites for hydroxylation is 1. The Morgan fingerprint density at radius 1 is 0.957 bits per heavy atom. The molecule has 0 aliphatic heterocycles. The van der Waals surface area contributed by atoms with E-state index in [-0.39, 0.29) is 19.1 Å². The van der Waals surface area contributed by atoms with Gasteiger partial charge in [0.05, 0.1) is 30.8 Å². The standard InChI is InChI=1S/C34H46N6O6/c1-5-38(6-2)23-30(41)39(22-25-11-9-12-26(21-25)46-24-31(42)45-20-19-44-4)16-10-17-40-29(15-18-43-3)37-32-33(40)27-13-7-8-14-28(27)36-34(32)35/h7-9,11-14,21H,5-6,10,15-20,22-24H2,1-4H3,(H2,35,36). The highest BCUT2D eigenvalue weighted by Crippen LogP contribution is 2.29. The third-order valence-corrected chi connectivity index (χ3v) is 7.81. The predicted molar refractivity (Wildman–Crippen MR) is 178 cm³/mol. The summed E-state index contributed by atoms with van der Waals surface area (Å²) in [7, 11) is 3.22. The van der Waals surface area contributed by atoms with Crippen molar-refractivity contribution in [2.24, 2.45) is 0 Å². The number of rotatable bonds is 19. The molecular weight excluding hydrogens is 588 g/mol. The van der Waals surface area contributed by atoms with E-state index >= 15 is 0 Å². The molecule has 0 unspecified atom stereocenters. The molecule has 0 spiro atoms. The van der Waals surface area contributed by atoms with E-state index in [2.05, 4.69) is 28.3 Å². The van der Waals surface area contributed by atoms with Gasteiger partial charge >= 0.3 is 5.97 Å². The average molecular weight is 635 g/mol. The molecule has 0 bridgehead atoms. The van der Waals surface area contributed by atoms with E-state index in [1.165, 1.54) is 0 Å². The van der Waals surface area contributed by atoms with E-state index < -0.39 is 5.97 Å². The van der Waals surface area contributed by atoms with Crippen molar-refractivity contribution in [1.29, 1.82) is 0 Å². The maximum absolute atomic E-state index is 13.7. The Kier molecular flexibility index (Phi) is 13.1. The minimum absolute atomic E-state index is 0.0470. The fraction of sp³-hybridized carbons (Fsp3) is 0.471. The number of amides is 1. The zero-order chi connectivity index (χ0) is 32.9. The largest absolute Gasteiger partial charge is 0.482 e. The van der Waals surface area contributed by atoms with Crippen molar-refractivity contribution in [2.75, 3.05) is 72.6 Å². The number of methoxy groups -OCH3 is 2. The second-order valence-corrected chi connectivity index (χ2v) is 10.9. The monoisotopic (exact) mass is 634 g/mol. The van der Waals surface area contributed by atoms with Gasteiger partial charge in [-0.25, -0.2) is 14.8 Å². The third kappa shape index (κ3) is 9.15. The van der Waals surface area contributed by atoms with Crippen LogP contribution in [0.2, 0.25) is 0 Å². The van der Waals surface area contributed by atoms with E-state index in [9.17, 15) is 9.59 Å². The molecule has 0 aliphatic rings. The maximum atomic E-state index is 13.7. The first-order valence-corrected chi connectivity index (χ1v) is 15.8. The zero-order valence-electron chi connectivity index (χ0n) is 27.4. The first-order chi connectivity index (χ1) is 22.4. The molecule has 0 radical (unpaired) electrons. The Balaban J connectivity index is 1.53. The van der Waals surface area contributed by atoms with Crippen LogP contribution < -0.4 is 10.5 Å². The molecule has 0 saturated carbocycles. The van der Waals surface area contributed by atoms with Crippen LogP contribution in [-0.4, -0.2) is 103 Å². The Labute approximate surface area is 270 Å². The number of esters is 1. The summed E-state index contributed by atoms with van der Waals surface area (Å²) in [6.07, 6.45) is 1.31. The topological polar surface area (TPSA) is 134 Å². The molecule has 0 aliphatic carbocycles. The van der Waals surface area contributed by atoms with E-state index in [1.54, 1.807) is 20.3 Å². The molecule has 2 heterocycles. The fourth-order valence-corrected chi connectivity index (χ4v) is 5.36. The molecule has 0 fully saturated rings. The van der Waals surface area contributed by atoms with E-state index in [1.807, 2.05) is 47.4 Å². The number of nitrogen functional groups attached to an aromatic ring is 1. The van der Waals surface area contributed by atoms with Crippen molar-refractivity contribution >= 4 is 39.6 Å². The molecule has 2 aromatic carbocycles. The second-order valence-electron chi connectivity index (χ2n) is 10.9. The van der Waals surface area contributed by atoms with E-state index in [0.29, 0.717) is 69.3 Å². The van der Waals surface area contributed by atoms with Crippen LogP contribution in [0.4, 0.5) is 5.82 Å². The SMILES string of the molecule is CCN(CC)CC(=O)N(CCCn1c(CCOC)nc2c(N)nc3ccccc3c21)Cc1cccc(OCC(=O)OCCOC)c1. The van der Waals surface area contributed by atoms with Crippen molar-refractivity contribution in [3.05, 3.63) is 59.9 Å².